The minimum atomic E-state index is -1.68. The van der Waals surface area contributed by atoms with Crippen LogP contribution in [0.4, 0.5) is 10.1 Å². The van der Waals surface area contributed by atoms with Gasteiger partial charge in [0.25, 0.3) is 5.91 Å². The molecule has 21 heavy (non-hydrogen) atoms. The third-order valence-electron chi connectivity index (χ3n) is 3.67. The van der Waals surface area contributed by atoms with Gasteiger partial charge in [0.1, 0.15) is 0 Å². The number of halogens is 1. The van der Waals surface area contributed by atoms with Gasteiger partial charge in [0.2, 0.25) is 0 Å². The van der Waals surface area contributed by atoms with E-state index in [1.54, 1.807) is 30.3 Å². The fourth-order valence-corrected chi connectivity index (χ4v) is 2.59. The van der Waals surface area contributed by atoms with Crippen molar-refractivity contribution in [3.8, 4) is 5.75 Å². The van der Waals surface area contributed by atoms with Crippen molar-refractivity contribution in [2.24, 2.45) is 0 Å². The molecule has 0 radical (unpaired) electrons. The molecule has 4 nitrogen and oxygen atoms in total. The van der Waals surface area contributed by atoms with Crippen LogP contribution >= 0.6 is 0 Å². The highest BCUT2D eigenvalue weighted by molar-refractivity contribution is 6.05. The van der Waals surface area contributed by atoms with Crippen molar-refractivity contribution in [2.45, 2.75) is 12.0 Å². The van der Waals surface area contributed by atoms with Gasteiger partial charge in [-0.25, -0.2) is 4.39 Å². The number of ether oxygens (including phenoxy) is 1. The van der Waals surface area contributed by atoms with Gasteiger partial charge in [-0.05, 0) is 23.8 Å². The van der Waals surface area contributed by atoms with Crippen molar-refractivity contribution in [1.29, 1.82) is 0 Å². The first-order chi connectivity index (χ1) is 10.0. The number of rotatable bonds is 3. The predicted molar refractivity (Wildman–Crippen MR) is 75.6 cm³/mol. The quantitative estimate of drug-likeness (QED) is 0.910. The smallest absolute Gasteiger partial charge is 0.261 e. The number of carbonyl (C=O) groups excluding carboxylic acids is 1. The number of anilines is 1. The van der Waals surface area contributed by atoms with Crippen LogP contribution in [0.15, 0.2) is 42.5 Å². The van der Waals surface area contributed by atoms with E-state index in [9.17, 15) is 14.3 Å². The Kier molecular flexibility index (Phi) is 3.14. The summed E-state index contributed by atoms with van der Waals surface area (Å²) in [5.41, 5.74) is -0.0784. The Morgan fingerprint density at radius 3 is 2.76 bits per heavy atom. The number of nitrogens with one attached hydrogen (secondary N) is 1. The lowest BCUT2D eigenvalue weighted by atomic mass is 9.88. The maximum Gasteiger partial charge on any atom is 0.261 e. The molecule has 0 aromatic heterocycles. The molecule has 0 bridgehead atoms. The third kappa shape index (κ3) is 2.15. The van der Waals surface area contributed by atoms with Crippen LogP contribution in [0.2, 0.25) is 0 Å². The van der Waals surface area contributed by atoms with Gasteiger partial charge >= 0.3 is 0 Å². The zero-order valence-corrected chi connectivity index (χ0v) is 11.4. The summed E-state index contributed by atoms with van der Waals surface area (Å²) in [6, 6.07) is 11.3. The van der Waals surface area contributed by atoms with E-state index in [1.807, 2.05) is 0 Å². The van der Waals surface area contributed by atoms with Crippen molar-refractivity contribution in [2.75, 3.05) is 12.4 Å². The van der Waals surface area contributed by atoms with Gasteiger partial charge in [-0.2, -0.15) is 0 Å². The number of aliphatic hydroxyl groups is 1. The molecule has 1 aliphatic rings. The first-order valence-electron chi connectivity index (χ1n) is 6.50. The Balaban J connectivity index is 1.97. The molecule has 2 aromatic rings. The number of carbonyl (C=O) groups is 1. The van der Waals surface area contributed by atoms with Crippen LogP contribution in [0.5, 0.6) is 5.75 Å². The summed E-state index contributed by atoms with van der Waals surface area (Å²) in [4.78, 5) is 12.1. The zero-order valence-electron chi connectivity index (χ0n) is 11.4. The van der Waals surface area contributed by atoms with Crippen LogP contribution in [-0.2, 0) is 16.8 Å². The van der Waals surface area contributed by atoms with Crippen LogP contribution in [0, 0.1) is 5.82 Å². The molecule has 0 saturated carbocycles. The summed E-state index contributed by atoms with van der Waals surface area (Å²) in [6.07, 6.45) is -0.00321. The molecule has 0 spiro atoms. The fraction of sp³-hybridized carbons (Fsp3) is 0.188. The third-order valence-corrected chi connectivity index (χ3v) is 3.67. The Labute approximate surface area is 121 Å². The van der Waals surface area contributed by atoms with Crippen molar-refractivity contribution < 1.29 is 19.0 Å². The molecule has 2 aromatic carbocycles. The second-order valence-corrected chi connectivity index (χ2v) is 5.01. The summed E-state index contributed by atoms with van der Waals surface area (Å²) >= 11 is 0. The van der Waals surface area contributed by atoms with E-state index in [4.69, 9.17) is 4.74 Å². The average Bonchev–Trinajstić information content (AvgIpc) is 2.71. The lowest BCUT2D eigenvalue weighted by molar-refractivity contribution is -0.133. The van der Waals surface area contributed by atoms with Gasteiger partial charge in [-0.15, -0.1) is 0 Å². The number of fused-ring (bicyclic) bond motifs is 1. The molecule has 1 atom stereocenters. The molecule has 2 N–H and O–H groups in total. The number of hydrogen-bond acceptors (Lipinski definition) is 3. The highest BCUT2D eigenvalue weighted by Crippen LogP contribution is 2.38. The van der Waals surface area contributed by atoms with Crippen molar-refractivity contribution in [1.82, 2.24) is 0 Å². The van der Waals surface area contributed by atoms with Crippen molar-refractivity contribution in [3.05, 3.63) is 59.4 Å². The highest BCUT2D eigenvalue weighted by atomic mass is 19.1. The van der Waals surface area contributed by atoms with Crippen LogP contribution < -0.4 is 10.1 Å². The monoisotopic (exact) mass is 287 g/mol. The maximum absolute atomic E-state index is 13.7. The summed E-state index contributed by atoms with van der Waals surface area (Å²) in [6.45, 7) is 0. The largest absolute Gasteiger partial charge is 0.494 e. The Hall–Kier alpha value is -2.40. The molecule has 0 fully saturated rings. The van der Waals surface area contributed by atoms with E-state index in [0.717, 1.165) is 0 Å². The van der Waals surface area contributed by atoms with Gasteiger partial charge in [0.05, 0.1) is 7.11 Å². The minimum absolute atomic E-state index is 0.00321. The lowest BCUT2D eigenvalue weighted by Crippen LogP contribution is -2.36. The number of para-hydroxylation sites is 1. The second-order valence-electron chi connectivity index (χ2n) is 5.01. The molecular weight excluding hydrogens is 273 g/mol. The van der Waals surface area contributed by atoms with Gasteiger partial charge in [-0.1, -0.05) is 24.3 Å². The normalized spacial score (nSPS) is 20.0. The number of amides is 1. The number of benzene rings is 2. The maximum atomic E-state index is 13.7. The molecule has 108 valence electrons. The van der Waals surface area contributed by atoms with E-state index in [2.05, 4.69) is 5.32 Å². The SMILES string of the molecule is COc1ccc(CC2(O)C(=O)Nc3ccccc32)cc1F. The molecule has 1 unspecified atom stereocenters. The van der Waals surface area contributed by atoms with Crippen LogP contribution in [0.3, 0.4) is 0 Å². The lowest BCUT2D eigenvalue weighted by Gasteiger charge is -2.21. The second kappa shape index (κ2) is 4.86. The number of methoxy groups -OCH3 is 1. The first kappa shape index (κ1) is 13.6. The molecule has 1 aliphatic heterocycles. The molecule has 0 saturated heterocycles. The Morgan fingerprint density at radius 1 is 1.29 bits per heavy atom. The van der Waals surface area contributed by atoms with Gasteiger partial charge in [-0.3, -0.25) is 4.79 Å². The first-order valence-corrected chi connectivity index (χ1v) is 6.50. The molecule has 0 aliphatic carbocycles. The number of hydrogen-bond donors (Lipinski definition) is 2. The Bertz CT molecular complexity index is 716. The van der Waals surface area contributed by atoms with Crippen LogP contribution in [0.25, 0.3) is 0 Å². The van der Waals surface area contributed by atoms with Crippen molar-refractivity contribution in [3.63, 3.8) is 0 Å². The standard InChI is InChI=1S/C16H14FNO3/c1-21-14-7-6-10(8-12(14)17)9-16(20)11-4-2-3-5-13(11)18-15(16)19/h2-8,20H,9H2,1H3,(H,18,19). The molecule has 1 amide bonds. The molecular formula is C16H14FNO3. The topological polar surface area (TPSA) is 58.6 Å². The van der Waals surface area contributed by atoms with E-state index in [-0.39, 0.29) is 12.2 Å². The summed E-state index contributed by atoms with van der Waals surface area (Å²) in [5.74, 6) is -0.896. The average molecular weight is 287 g/mol. The van der Waals surface area contributed by atoms with E-state index in [0.29, 0.717) is 16.8 Å². The summed E-state index contributed by atoms with van der Waals surface area (Å²) in [5, 5.41) is 13.4. The van der Waals surface area contributed by atoms with Gasteiger partial charge in [0, 0.05) is 17.7 Å². The van der Waals surface area contributed by atoms with Crippen molar-refractivity contribution >= 4 is 11.6 Å². The molecule has 1 heterocycles. The van der Waals surface area contributed by atoms with E-state index in [1.165, 1.54) is 19.2 Å². The van der Waals surface area contributed by atoms with E-state index < -0.39 is 17.3 Å². The zero-order chi connectivity index (χ0) is 15.0. The minimum Gasteiger partial charge on any atom is -0.494 e. The fourth-order valence-electron chi connectivity index (χ4n) is 2.59. The van der Waals surface area contributed by atoms with Crippen LogP contribution in [0.1, 0.15) is 11.1 Å². The van der Waals surface area contributed by atoms with E-state index >= 15 is 0 Å². The molecule has 3 rings (SSSR count). The highest BCUT2D eigenvalue weighted by Gasteiger charge is 2.45. The van der Waals surface area contributed by atoms with Gasteiger partial charge < -0.3 is 15.2 Å². The van der Waals surface area contributed by atoms with Crippen LogP contribution in [-0.4, -0.2) is 18.1 Å². The molecule has 5 heteroatoms. The van der Waals surface area contributed by atoms with Gasteiger partial charge in [0.15, 0.2) is 17.2 Å². The predicted octanol–water partition coefficient (Wildman–Crippen LogP) is 2.22. The summed E-state index contributed by atoms with van der Waals surface area (Å²) in [7, 11) is 1.38. The summed E-state index contributed by atoms with van der Waals surface area (Å²) < 4.78 is 18.6. The Morgan fingerprint density at radius 2 is 2.05 bits per heavy atom.